The molecule has 0 atom stereocenters. The number of likely N-dealkylation sites (N-methyl/N-ethyl adjacent to an activating group) is 1. The molecule has 0 spiro atoms. The molecule has 0 aromatic carbocycles. The van der Waals surface area contributed by atoms with Gasteiger partial charge in [-0.15, -0.1) is 0 Å². The number of aliphatic hydroxyl groups excluding tert-OH is 1. The van der Waals surface area contributed by atoms with Crippen LogP contribution in [0.2, 0.25) is 0 Å². The summed E-state index contributed by atoms with van der Waals surface area (Å²) in [6.45, 7) is 9.42. The maximum Gasteiger partial charge on any atom is 0.0593 e. The van der Waals surface area contributed by atoms with Crippen molar-refractivity contribution < 1.29 is 9.84 Å². The van der Waals surface area contributed by atoms with E-state index in [1.165, 1.54) is 6.42 Å². The Bertz CT molecular complexity index is 109. The van der Waals surface area contributed by atoms with Crippen LogP contribution in [-0.2, 0) is 4.74 Å². The zero-order valence-electron chi connectivity index (χ0n) is 9.67. The predicted octanol–water partition coefficient (Wildman–Crippen LogP) is 1.51. The van der Waals surface area contributed by atoms with Crippen LogP contribution in [0, 0.1) is 0 Å². The number of hydrogen-bond acceptors (Lipinski definition) is 3. The van der Waals surface area contributed by atoms with Gasteiger partial charge in [-0.3, -0.25) is 0 Å². The molecule has 86 valence electrons. The Morgan fingerprint density at radius 3 is 2.43 bits per heavy atom. The van der Waals surface area contributed by atoms with E-state index in [9.17, 15) is 0 Å². The minimum absolute atomic E-state index is 0.324. The smallest absolute Gasteiger partial charge is 0.0593 e. The van der Waals surface area contributed by atoms with Crippen LogP contribution < -0.4 is 0 Å². The van der Waals surface area contributed by atoms with Crippen LogP contribution in [0.4, 0.5) is 0 Å². The first-order valence-corrected chi connectivity index (χ1v) is 5.76. The summed E-state index contributed by atoms with van der Waals surface area (Å²) < 4.78 is 5.31. The summed E-state index contributed by atoms with van der Waals surface area (Å²) in [5.74, 6) is 0. The van der Waals surface area contributed by atoms with Gasteiger partial charge < -0.3 is 14.7 Å². The zero-order valence-corrected chi connectivity index (χ0v) is 9.67. The van der Waals surface area contributed by atoms with Gasteiger partial charge in [-0.1, -0.05) is 6.92 Å². The van der Waals surface area contributed by atoms with Gasteiger partial charge in [-0.2, -0.15) is 0 Å². The van der Waals surface area contributed by atoms with Gasteiger partial charge in [0.05, 0.1) is 6.61 Å². The molecule has 0 heterocycles. The van der Waals surface area contributed by atoms with E-state index < -0.39 is 0 Å². The van der Waals surface area contributed by atoms with Crippen LogP contribution in [0.1, 0.15) is 33.1 Å². The van der Waals surface area contributed by atoms with Crippen molar-refractivity contribution in [2.75, 3.05) is 39.5 Å². The third kappa shape index (κ3) is 8.48. The molecule has 0 aromatic heterocycles. The lowest BCUT2D eigenvalue weighted by Gasteiger charge is -2.19. The largest absolute Gasteiger partial charge is 0.396 e. The maximum atomic E-state index is 8.63. The molecule has 0 saturated carbocycles. The number of unbranched alkanes of at least 4 members (excludes halogenated alkanes) is 2. The highest BCUT2D eigenvalue weighted by molar-refractivity contribution is 4.55. The Hall–Kier alpha value is -0.120. The molecule has 0 aliphatic heterocycles. The summed E-state index contributed by atoms with van der Waals surface area (Å²) in [7, 11) is 0. The highest BCUT2D eigenvalue weighted by Gasteiger charge is 2.00. The van der Waals surface area contributed by atoms with Crippen LogP contribution >= 0.6 is 0 Å². The third-order valence-corrected chi connectivity index (χ3v) is 2.34. The summed E-state index contributed by atoms with van der Waals surface area (Å²) in [5.41, 5.74) is 0. The van der Waals surface area contributed by atoms with Gasteiger partial charge in [0.2, 0.25) is 0 Å². The molecular formula is C11H25NO2. The van der Waals surface area contributed by atoms with Crippen molar-refractivity contribution in [2.24, 2.45) is 0 Å². The second-order valence-electron chi connectivity index (χ2n) is 3.42. The van der Waals surface area contributed by atoms with Gasteiger partial charge in [0.1, 0.15) is 0 Å². The van der Waals surface area contributed by atoms with Crippen molar-refractivity contribution in [3.8, 4) is 0 Å². The average molecular weight is 203 g/mol. The fraction of sp³-hybridized carbons (Fsp3) is 1.00. The molecule has 0 amide bonds. The lowest BCUT2D eigenvalue weighted by atomic mass is 10.2. The van der Waals surface area contributed by atoms with Crippen molar-refractivity contribution in [2.45, 2.75) is 33.1 Å². The number of nitrogens with zero attached hydrogens (tertiary/aromatic N) is 1. The highest BCUT2D eigenvalue weighted by atomic mass is 16.5. The van der Waals surface area contributed by atoms with E-state index in [0.717, 1.165) is 45.7 Å². The molecule has 0 saturated heterocycles. The van der Waals surface area contributed by atoms with Crippen LogP contribution in [0.25, 0.3) is 0 Å². The summed E-state index contributed by atoms with van der Waals surface area (Å²) in [6, 6.07) is 0. The molecule has 0 unspecified atom stereocenters. The first-order chi connectivity index (χ1) is 6.85. The molecule has 0 rings (SSSR count). The molecule has 0 aliphatic carbocycles. The molecule has 0 aromatic rings. The Morgan fingerprint density at radius 1 is 1.07 bits per heavy atom. The van der Waals surface area contributed by atoms with Crippen LogP contribution in [0.5, 0.6) is 0 Å². The van der Waals surface area contributed by atoms with E-state index in [2.05, 4.69) is 11.8 Å². The summed E-state index contributed by atoms with van der Waals surface area (Å²) in [4.78, 5) is 2.40. The van der Waals surface area contributed by atoms with Crippen LogP contribution in [-0.4, -0.2) is 49.5 Å². The van der Waals surface area contributed by atoms with Crippen molar-refractivity contribution in [3.05, 3.63) is 0 Å². The Kier molecular flexibility index (Phi) is 10.9. The fourth-order valence-electron chi connectivity index (χ4n) is 1.39. The highest BCUT2D eigenvalue weighted by Crippen LogP contribution is 1.98. The van der Waals surface area contributed by atoms with Crippen molar-refractivity contribution in [1.29, 1.82) is 0 Å². The van der Waals surface area contributed by atoms with E-state index >= 15 is 0 Å². The lowest BCUT2D eigenvalue weighted by Crippen LogP contribution is -2.28. The second-order valence-corrected chi connectivity index (χ2v) is 3.42. The predicted molar refractivity (Wildman–Crippen MR) is 59.5 cm³/mol. The van der Waals surface area contributed by atoms with Gasteiger partial charge in [0, 0.05) is 19.8 Å². The Balaban J connectivity index is 3.28. The van der Waals surface area contributed by atoms with E-state index in [-0.39, 0.29) is 0 Å². The first kappa shape index (κ1) is 13.9. The second kappa shape index (κ2) is 11.0. The molecule has 3 heteroatoms. The monoisotopic (exact) mass is 203 g/mol. The quantitative estimate of drug-likeness (QED) is 0.546. The van der Waals surface area contributed by atoms with E-state index in [0.29, 0.717) is 6.61 Å². The molecular weight excluding hydrogens is 178 g/mol. The minimum atomic E-state index is 0.324. The topological polar surface area (TPSA) is 32.7 Å². The molecule has 0 radical (unpaired) electrons. The molecule has 0 aliphatic rings. The van der Waals surface area contributed by atoms with Crippen LogP contribution in [0.3, 0.4) is 0 Å². The van der Waals surface area contributed by atoms with Gasteiger partial charge >= 0.3 is 0 Å². The fourth-order valence-corrected chi connectivity index (χ4v) is 1.39. The zero-order chi connectivity index (χ0) is 10.6. The summed E-state index contributed by atoms with van der Waals surface area (Å²) in [5, 5.41) is 8.63. The first-order valence-electron chi connectivity index (χ1n) is 5.76. The molecule has 0 fully saturated rings. The molecule has 1 N–H and O–H groups in total. The normalized spacial score (nSPS) is 11.1. The number of aliphatic hydroxyl groups is 1. The van der Waals surface area contributed by atoms with Crippen molar-refractivity contribution in [1.82, 2.24) is 4.90 Å². The number of hydrogen-bond donors (Lipinski definition) is 1. The van der Waals surface area contributed by atoms with Crippen LogP contribution in [0.15, 0.2) is 0 Å². The molecule has 0 bridgehead atoms. The van der Waals surface area contributed by atoms with E-state index in [1.807, 2.05) is 6.92 Å². The molecule has 14 heavy (non-hydrogen) atoms. The van der Waals surface area contributed by atoms with Gasteiger partial charge in [-0.25, -0.2) is 0 Å². The number of ether oxygens (including phenoxy) is 1. The third-order valence-electron chi connectivity index (χ3n) is 2.34. The minimum Gasteiger partial charge on any atom is -0.396 e. The van der Waals surface area contributed by atoms with Gasteiger partial charge in [0.25, 0.3) is 0 Å². The standard InChI is InChI=1S/C11H25NO2/c1-3-12(9-11-14-4-2)8-6-5-7-10-13/h13H,3-11H2,1-2H3. The average Bonchev–Trinajstić information content (AvgIpc) is 2.22. The van der Waals surface area contributed by atoms with Gasteiger partial charge in [-0.05, 0) is 39.3 Å². The Labute approximate surface area is 88.1 Å². The number of rotatable bonds is 10. The summed E-state index contributed by atoms with van der Waals surface area (Å²) in [6.07, 6.45) is 3.24. The SMILES string of the molecule is CCOCCN(CC)CCCCCO. The molecule has 3 nitrogen and oxygen atoms in total. The lowest BCUT2D eigenvalue weighted by molar-refractivity contribution is 0.114. The van der Waals surface area contributed by atoms with Crippen molar-refractivity contribution in [3.63, 3.8) is 0 Å². The van der Waals surface area contributed by atoms with E-state index in [1.54, 1.807) is 0 Å². The van der Waals surface area contributed by atoms with Gasteiger partial charge in [0.15, 0.2) is 0 Å². The maximum absolute atomic E-state index is 8.63. The Morgan fingerprint density at radius 2 is 1.86 bits per heavy atom. The summed E-state index contributed by atoms with van der Waals surface area (Å²) >= 11 is 0. The van der Waals surface area contributed by atoms with E-state index in [4.69, 9.17) is 9.84 Å². The van der Waals surface area contributed by atoms with Crippen molar-refractivity contribution >= 4 is 0 Å².